The lowest BCUT2D eigenvalue weighted by Gasteiger charge is -2.28. The van der Waals surface area contributed by atoms with Crippen LogP contribution < -0.4 is 5.32 Å². The van der Waals surface area contributed by atoms with Gasteiger partial charge in [-0.2, -0.15) is 0 Å². The zero-order valence-electron chi connectivity index (χ0n) is 11.2. The summed E-state index contributed by atoms with van der Waals surface area (Å²) in [4.78, 5) is 25.7. The summed E-state index contributed by atoms with van der Waals surface area (Å²) in [5.74, 6) is -0.219. The lowest BCUT2D eigenvalue weighted by Crippen LogP contribution is -2.30. The molecule has 7 nitrogen and oxygen atoms in total. The Morgan fingerprint density at radius 1 is 1.45 bits per heavy atom. The van der Waals surface area contributed by atoms with Gasteiger partial charge in [0, 0.05) is 12.2 Å². The first kappa shape index (κ1) is 14.2. The van der Waals surface area contributed by atoms with Crippen LogP contribution in [0.25, 0.3) is 0 Å². The molecule has 0 radical (unpaired) electrons. The molecular weight excluding hydrogens is 262 g/mol. The smallest absolute Gasteiger partial charge is 0.310 e. The van der Waals surface area contributed by atoms with Gasteiger partial charge in [0.1, 0.15) is 11.9 Å². The summed E-state index contributed by atoms with van der Waals surface area (Å²) in [6.07, 6.45) is 5.82. The third kappa shape index (κ3) is 3.23. The van der Waals surface area contributed by atoms with Crippen LogP contribution in [-0.4, -0.2) is 29.0 Å². The molecule has 0 spiro atoms. The average Bonchev–Trinajstić information content (AvgIpc) is 2.47. The third-order valence-electron chi connectivity index (χ3n) is 3.62. The molecule has 2 rings (SSSR count). The van der Waals surface area contributed by atoms with Gasteiger partial charge in [0.25, 0.3) is 0 Å². The maximum Gasteiger partial charge on any atom is 0.310 e. The van der Waals surface area contributed by atoms with Crippen molar-refractivity contribution in [1.82, 2.24) is 4.98 Å². The topological polar surface area (TPSA) is 94.4 Å². The number of hydrogen-bond acceptors (Lipinski definition) is 6. The summed E-state index contributed by atoms with van der Waals surface area (Å²) < 4.78 is 4.74. The maximum atomic E-state index is 11.4. The summed E-state index contributed by atoms with van der Waals surface area (Å²) in [6, 6.07) is 1.74. The number of rotatable bonds is 4. The molecule has 1 aromatic rings. The fourth-order valence-electron chi connectivity index (χ4n) is 2.51. The fourth-order valence-corrected chi connectivity index (χ4v) is 2.51. The van der Waals surface area contributed by atoms with Crippen LogP contribution in [0.2, 0.25) is 0 Å². The lowest BCUT2D eigenvalue weighted by atomic mass is 9.86. The summed E-state index contributed by atoms with van der Waals surface area (Å²) in [5, 5.41) is 14.1. The molecule has 1 aromatic heterocycles. The van der Waals surface area contributed by atoms with E-state index in [1.165, 1.54) is 19.5 Å². The van der Waals surface area contributed by atoms with Crippen LogP contribution >= 0.6 is 0 Å². The van der Waals surface area contributed by atoms with Crippen molar-refractivity contribution in [3.8, 4) is 0 Å². The van der Waals surface area contributed by atoms with E-state index in [4.69, 9.17) is 4.74 Å². The first-order chi connectivity index (χ1) is 9.61. The van der Waals surface area contributed by atoms with Crippen LogP contribution in [-0.2, 0) is 9.53 Å². The molecule has 0 atom stereocenters. The van der Waals surface area contributed by atoms with Gasteiger partial charge in [-0.25, -0.2) is 0 Å². The molecule has 1 N–H and O–H groups in total. The Morgan fingerprint density at radius 3 is 2.75 bits per heavy atom. The first-order valence-electron chi connectivity index (χ1n) is 6.54. The van der Waals surface area contributed by atoms with Gasteiger partial charge < -0.3 is 10.1 Å². The number of nitrogens with one attached hydrogen (secondary N) is 1. The summed E-state index contributed by atoms with van der Waals surface area (Å²) in [5.41, 5.74) is 0.453. The zero-order valence-corrected chi connectivity index (χ0v) is 11.2. The standard InChI is InChI=1S/C13H17N3O4/c1-20-13(17)9-2-4-10(5-3-9)15-11-6-7-14-8-12(11)16(18)19/h6-10H,2-5H2,1H3,(H,14,15)/t9-,10+. The van der Waals surface area contributed by atoms with Crippen molar-refractivity contribution in [2.45, 2.75) is 31.7 Å². The molecule has 0 amide bonds. The highest BCUT2D eigenvalue weighted by Gasteiger charge is 2.27. The van der Waals surface area contributed by atoms with Crippen molar-refractivity contribution < 1.29 is 14.5 Å². The Labute approximate surface area is 116 Å². The highest BCUT2D eigenvalue weighted by Crippen LogP contribution is 2.30. The number of carbonyl (C=O) groups is 1. The minimum Gasteiger partial charge on any atom is -0.469 e. The Hall–Kier alpha value is -2.18. The predicted molar refractivity (Wildman–Crippen MR) is 72.3 cm³/mol. The van der Waals surface area contributed by atoms with Crippen molar-refractivity contribution >= 4 is 17.3 Å². The molecule has 1 fully saturated rings. The Bertz CT molecular complexity index is 498. The van der Waals surface area contributed by atoms with Gasteiger partial charge >= 0.3 is 11.7 Å². The molecule has 20 heavy (non-hydrogen) atoms. The van der Waals surface area contributed by atoms with E-state index in [1.54, 1.807) is 6.07 Å². The van der Waals surface area contributed by atoms with Gasteiger partial charge in [-0.1, -0.05) is 0 Å². The molecule has 0 unspecified atom stereocenters. The van der Waals surface area contributed by atoms with Gasteiger partial charge in [-0.15, -0.1) is 0 Å². The van der Waals surface area contributed by atoms with E-state index < -0.39 is 4.92 Å². The fraction of sp³-hybridized carbons (Fsp3) is 0.538. The van der Waals surface area contributed by atoms with Gasteiger partial charge in [0.05, 0.1) is 18.0 Å². The Kier molecular flexibility index (Phi) is 4.49. The molecule has 1 saturated carbocycles. The van der Waals surface area contributed by atoms with Gasteiger partial charge in [-0.3, -0.25) is 19.9 Å². The molecule has 0 aliphatic heterocycles. The molecule has 1 aliphatic carbocycles. The Balaban J connectivity index is 1.96. The molecule has 0 bridgehead atoms. The second-order valence-electron chi connectivity index (χ2n) is 4.87. The number of nitrogens with zero attached hydrogens (tertiary/aromatic N) is 2. The molecule has 1 aliphatic rings. The third-order valence-corrected chi connectivity index (χ3v) is 3.62. The van der Waals surface area contributed by atoms with Crippen molar-refractivity contribution in [2.24, 2.45) is 5.92 Å². The van der Waals surface area contributed by atoms with Crippen LogP contribution in [0.15, 0.2) is 18.5 Å². The predicted octanol–water partition coefficient (Wildman–Crippen LogP) is 2.13. The summed E-state index contributed by atoms with van der Waals surface area (Å²) in [7, 11) is 1.40. The van der Waals surface area contributed by atoms with Crippen molar-refractivity contribution in [3.05, 3.63) is 28.6 Å². The molecule has 0 aromatic carbocycles. The van der Waals surface area contributed by atoms with Crippen LogP contribution in [0, 0.1) is 16.0 Å². The van der Waals surface area contributed by atoms with E-state index in [0.29, 0.717) is 5.69 Å². The molecule has 0 saturated heterocycles. The largest absolute Gasteiger partial charge is 0.469 e. The lowest BCUT2D eigenvalue weighted by molar-refractivity contribution is -0.384. The van der Waals surface area contributed by atoms with Gasteiger partial charge in [0.2, 0.25) is 0 Å². The van der Waals surface area contributed by atoms with Gasteiger partial charge in [0.15, 0.2) is 0 Å². The van der Waals surface area contributed by atoms with Crippen molar-refractivity contribution in [2.75, 3.05) is 12.4 Å². The van der Waals surface area contributed by atoms with E-state index in [0.717, 1.165) is 25.7 Å². The van der Waals surface area contributed by atoms with Gasteiger partial charge in [-0.05, 0) is 31.7 Å². The van der Waals surface area contributed by atoms with Crippen molar-refractivity contribution in [1.29, 1.82) is 0 Å². The number of methoxy groups -OCH3 is 1. The van der Waals surface area contributed by atoms with Crippen LogP contribution in [0.3, 0.4) is 0 Å². The molecule has 7 heteroatoms. The summed E-state index contributed by atoms with van der Waals surface area (Å²) in [6.45, 7) is 0. The highest BCUT2D eigenvalue weighted by molar-refractivity contribution is 5.72. The number of esters is 1. The minimum absolute atomic E-state index is 0.0254. The van der Waals surface area contributed by atoms with E-state index >= 15 is 0 Å². The maximum absolute atomic E-state index is 11.4. The zero-order chi connectivity index (χ0) is 14.5. The number of carbonyl (C=O) groups excluding carboxylic acids is 1. The Morgan fingerprint density at radius 2 is 2.15 bits per heavy atom. The van der Waals surface area contributed by atoms with E-state index in [1.807, 2.05) is 0 Å². The number of pyridine rings is 1. The molecular formula is C13H17N3O4. The average molecular weight is 279 g/mol. The second-order valence-corrected chi connectivity index (χ2v) is 4.87. The SMILES string of the molecule is COC(=O)[C@H]1CC[C@@H](Nc2ccncc2[N+](=O)[O-])CC1. The number of anilines is 1. The van der Waals surface area contributed by atoms with Crippen LogP contribution in [0.5, 0.6) is 0 Å². The monoisotopic (exact) mass is 279 g/mol. The molecule has 108 valence electrons. The second kappa shape index (κ2) is 6.31. The van der Waals surface area contributed by atoms with Crippen molar-refractivity contribution in [3.63, 3.8) is 0 Å². The summed E-state index contributed by atoms with van der Waals surface area (Å²) >= 11 is 0. The quantitative estimate of drug-likeness (QED) is 0.515. The van der Waals surface area contributed by atoms with Crippen LogP contribution in [0.4, 0.5) is 11.4 Å². The van der Waals surface area contributed by atoms with Crippen LogP contribution in [0.1, 0.15) is 25.7 Å². The number of hydrogen-bond donors (Lipinski definition) is 1. The van der Waals surface area contributed by atoms with E-state index in [2.05, 4.69) is 10.3 Å². The van der Waals surface area contributed by atoms with E-state index in [-0.39, 0.29) is 23.6 Å². The molecule has 1 heterocycles. The number of aromatic nitrogens is 1. The minimum atomic E-state index is -0.449. The normalized spacial score (nSPS) is 22.1. The highest BCUT2D eigenvalue weighted by atomic mass is 16.6. The van der Waals surface area contributed by atoms with E-state index in [9.17, 15) is 14.9 Å². The number of ether oxygens (including phenoxy) is 1. The first-order valence-corrected chi connectivity index (χ1v) is 6.54. The number of nitro groups is 1.